The molecule has 0 radical (unpaired) electrons. The molecule has 1 rings (SSSR count). The van der Waals surface area contributed by atoms with Crippen LogP contribution in [0.2, 0.25) is 0 Å². The van der Waals surface area contributed by atoms with E-state index in [1.165, 1.54) is 6.42 Å². The number of nitrogens with one attached hydrogen (secondary N) is 1. The molecule has 58 valence electrons. The van der Waals surface area contributed by atoms with Gasteiger partial charge in [0.2, 0.25) is 0 Å². The van der Waals surface area contributed by atoms with Gasteiger partial charge < -0.3 is 5.32 Å². The summed E-state index contributed by atoms with van der Waals surface area (Å²) in [6.07, 6.45) is 4.39. The predicted octanol–water partition coefficient (Wildman–Crippen LogP) is 1.95. The minimum Gasteiger partial charge on any atom is -0.313 e. The number of hydrogen-bond acceptors (Lipinski definition) is 1. The molecule has 0 saturated heterocycles. The Hall–Kier alpha value is -0.300. The fraction of sp³-hybridized carbons (Fsp3) is 0.778. The highest BCUT2D eigenvalue weighted by atomic mass is 15.0. The summed E-state index contributed by atoms with van der Waals surface area (Å²) in [6, 6.07) is 0.771. The minimum atomic E-state index is 0.571. The van der Waals surface area contributed by atoms with Crippen molar-refractivity contribution < 1.29 is 0 Å². The summed E-state index contributed by atoms with van der Waals surface area (Å²) in [7, 11) is 0. The Labute approximate surface area is 63.5 Å². The van der Waals surface area contributed by atoms with Crippen molar-refractivity contribution >= 4 is 0 Å². The monoisotopic (exact) mass is 139 g/mol. The third-order valence-corrected chi connectivity index (χ3v) is 2.25. The van der Waals surface area contributed by atoms with Gasteiger partial charge in [0, 0.05) is 6.04 Å². The average molecular weight is 139 g/mol. The Balaban J connectivity index is 2.02. The highest BCUT2D eigenvalue weighted by molar-refractivity contribution is 5.01. The van der Waals surface area contributed by atoms with Crippen LogP contribution in [-0.4, -0.2) is 12.6 Å². The van der Waals surface area contributed by atoms with Crippen LogP contribution < -0.4 is 5.32 Å². The van der Waals surface area contributed by atoms with Gasteiger partial charge in [0.15, 0.2) is 0 Å². The Bertz CT molecular complexity index is 127. The predicted molar refractivity (Wildman–Crippen MR) is 45.0 cm³/mol. The molecule has 1 N–H and O–H groups in total. The van der Waals surface area contributed by atoms with Crippen molar-refractivity contribution in [3.05, 3.63) is 12.7 Å². The minimum absolute atomic E-state index is 0.571. The summed E-state index contributed by atoms with van der Waals surface area (Å²) in [5, 5.41) is 3.48. The van der Waals surface area contributed by atoms with E-state index in [4.69, 9.17) is 0 Å². The van der Waals surface area contributed by atoms with Gasteiger partial charge in [-0.25, -0.2) is 0 Å². The third-order valence-electron chi connectivity index (χ3n) is 2.25. The third kappa shape index (κ3) is 1.84. The molecule has 0 amide bonds. The zero-order valence-corrected chi connectivity index (χ0v) is 6.98. The van der Waals surface area contributed by atoms with Gasteiger partial charge in [-0.05, 0) is 24.8 Å². The number of rotatable bonds is 4. The molecule has 10 heavy (non-hydrogen) atoms. The molecule has 0 spiro atoms. The van der Waals surface area contributed by atoms with Crippen LogP contribution in [0, 0.1) is 5.41 Å². The van der Waals surface area contributed by atoms with Gasteiger partial charge in [-0.1, -0.05) is 19.9 Å². The molecule has 1 fully saturated rings. The molecular weight excluding hydrogens is 122 g/mol. The van der Waals surface area contributed by atoms with Crippen LogP contribution in [0.1, 0.15) is 26.7 Å². The molecule has 1 nitrogen and oxygen atoms in total. The lowest BCUT2D eigenvalue weighted by Gasteiger charge is -2.03. The van der Waals surface area contributed by atoms with Gasteiger partial charge in [-0.3, -0.25) is 0 Å². The molecule has 0 aromatic rings. The molecule has 0 heterocycles. The summed E-state index contributed by atoms with van der Waals surface area (Å²) in [4.78, 5) is 0. The SMILES string of the molecule is C=CCCNC1CC1(C)C. The standard InChI is InChI=1S/C9H17N/c1-4-5-6-10-8-7-9(8,2)3/h4,8,10H,1,5-7H2,2-3H3. The van der Waals surface area contributed by atoms with E-state index in [0.29, 0.717) is 5.41 Å². The van der Waals surface area contributed by atoms with Crippen molar-refractivity contribution in [2.24, 2.45) is 5.41 Å². The average Bonchev–Trinajstić information content (AvgIpc) is 2.41. The van der Waals surface area contributed by atoms with Crippen LogP contribution in [0.3, 0.4) is 0 Å². The van der Waals surface area contributed by atoms with Crippen molar-refractivity contribution in [2.75, 3.05) is 6.54 Å². The van der Waals surface area contributed by atoms with Crippen LogP contribution in [0.4, 0.5) is 0 Å². The summed E-state index contributed by atoms with van der Waals surface area (Å²) in [6.45, 7) is 9.38. The lowest BCUT2D eigenvalue weighted by Crippen LogP contribution is -2.21. The van der Waals surface area contributed by atoms with Crippen LogP contribution in [0.25, 0.3) is 0 Å². The Morgan fingerprint density at radius 1 is 1.70 bits per heavy atom. The molecule has 0 aliphatic heterocycles. The van der Waals surface area contributed by atoms with Crippen molar-refractivity contribution in [1.82, 2.24) is 5.32 Å². The molecule has 1 heteroatoms. The van der Waals surface area contributed by atoms with Gasteiger partial charge in [0.25, 0.3) is 0 Å². The first kappa shape index (κ1) is 7.80. The summed E-state index contributed by atoms with van der Waals surface area (Å²) >= 11 is 0. The molecule has 1 aliphatic carbocycles. The van der Waals surface area contributed by atoms with Crippen molar-refractivity contribution in [3.8, 4) is 0 Å². The zero-order chi connectivity index (χ0) is 7.61. The van der Waals surface area contributed by atoms with E-state index in [0.717, 1.165) is 19.0 Å². The Kier molecular flexibility index (Phi) is 2.14. The van der Waals surface area contributed by atoms with Crippen LogP contribution in [-0.2, 0) is 0 Å². The largest absolute Gasteiger partial charge is 0.313 e. The zero-order valence-electron chi connectivity index (χ0n) is 6.98. The molecular formula is C9H17N. The van der Waals surface area contributed by atoms with Crippen molar-refractivity contribution in [3.63, 3.8) is 0 Å². The van der Waals surface area contributed by atoms with Gasteiger partial charge in [-0.2, -0.15) is 0 Å². The summed E-state index contributed by atoms with van der Waals surface area (Å²) < 4.78 is 0. The molecule has 0 aromatic heterocycles. The molecule has 0 aromatic carbocycles. The second-order valence-corrected chi connectivity index (χ2v) is 3.78. The van der Waals surface area contributed by atoms with E-state index in [1.807, 2.05) is 6.08 Å². The smallest absolute Gasteiger partial charge is 0.0125 e. The maximum atomic E-state index is 3.67. The van der Waals surface area contributed by atoms with E-state index in [9.17, 15) is 0 Å². The first-order valence-electron chi connectivity index (χ1n) is 4.01. The molecule has 1 atom stereocenters. The van der Waals surface area contributed by atoms with Gasteiger partial charge in [0.05, 0.1) is 0 Å². The van der Waals surface area contributed by atoms with E-state index >= 15 is 0 Å². The lowest BCUT2D eigenvalue weighted by atomic mass is 10.2. The summed E-state index contributed by atoms with van der Waals surface area (Å²) in [5.74, 6) is 0. The highest BCUT2D eigenvalue weighted by Crippen LogP contribution is 2.44. The highest BCUT2D eigenvalue weighted by Gasteiger charge is 2.44. The van der Waals surface area contributed by atoms with Crippen LogP contribution in [0.15, 0.2) is 12.7 Å². The Morgan fingerprint density at radius 2 is 2.30 bits per heavy atom. The maximum Gasteiger partial charge on any atom is 0.0125 e. The first-order valence-corrected chi connectivity index (χ1v) is 4.01. The van der Waals surface area contributed by atoms with Gasteiger partial charge in [0.1, 0.15) is 0 Å². The normalized spacial score (nSPS) is 28.0. The van der Waals surface area contributed by atoms with Crippen molar-refractivity contribution in [2.45, 2.75) is 32.7 Å². The molecule has 1 unspecified atom stereocenters. The van der Waals surface area contributed by atoms with Crippen LogP contribution >= 0.6 is 0 Å². The second kappa shape index (κ2) is 2.75. The van der Waals surface area contributed by atoms with Gasteiger partial charge >= 0.3 is 0 Å². The number of hydrogen-bond donors (Lipinski definition) is 1. The lowest BCUT2D eigenvalue weighted by molar-refractivity contribution is 0.546. The van der Waals surface area contributed by atoms with E-state index in [1.54, 1.807) is 0 Å². The van der Waals surface area contributed by atoms with E-state index < -0.39 is 0 Å². The van der Waals surface area contributed by atoms with Gasteiger partial charge in [-0.15, -0.1) is 6.58 Å². The quantitative estimate of drug-likeness (QED) is 0.463. The van der Waals surface area contributed by atoms with E-state index in [2.05, 4.69) is 25.7 Å². The maximum absolute atomic E-state index is 3.67. The Morgan fingerprint density at radius 3 is 2.70 bits per heavy atom. The second-order valence-electron chi connectivity index (χ2n) is 3.78. The van der Waals surface area contributed by atoms with Crippen LogP contribution in [0.5, 0.6) is 0 Å². The fourth-order valence-corrected chi connectivity index (χ4v) is 1.18. The first-order chi connectivity index (χ1) is 4.67. The molecule has 0 bridgehead atoms. The van der Waals surface area contributed by atoms with Crippen molar-refractivity contribution in [1.29, 1.82) is 0 Å². The molecule has 1 aliphatic rings. The summed E-state index contributed by atoms with van der Waals surface area (Å²) in [5.41, 5.74) is 0.571. The van der Waals surface area contributed by atoms with E-state index in [-0.39, 0.29) is 0 Å². The topological polar surface area (TPSA) is 12.0 Å². The molecule has 1 saturated carbocycles. The fourth-order valence-electron chi connectivity index (χ4n) is 1.18.